The highest BCUT2D eigenvalue weighted by Crippen LogP contribution is 2.26. The summed E-state index contributed by atoms with van der Waals surface area (Å²) >= 11 is 1.32. The second-order valence-corrected chi connectivity index (χ2v) is 7.69. The minimum Gasteiger partial charge on any atom is -0.431 e. The highest BCUT2D eigenvalue weighted by molar-refractivity contribution is 7.99. The van der Waals surface area contributed by atoms with Crippen LogP contribution < -0.4 is 5.32 Å². The van der Waals surface area contributed by atoms with Gasteiger partial charge in [0.15, 0.2) is 5.58 Å². The Morgan fingerprint density at radius 2 is 2.00 bits per heavy atom. The van der Waals surface area contributed by atoms with Crippen molar-refractivity contribution in [2.45, 2.75) is 43.9 Å². The Bertz CT molecular complexity index is 902. The molecule has 5 heteroatoms. The summed E-state index contributed by atoms with van der Waals surface area (Å²) in [5.74, 6) is 0.282. The third-order valence-corrected chi connectivity index (χ3v) is 5.68. The number of thioether (sulfide) groups is 1. The maximum atomic E-state index is 12.3. The SMILES string of the molecule is CC(NC(=O)CSc1nc2ccccc2o1)c1ccc2c(c1)CCCC2. The van der Waals surface area contributed by atoms with E-state index < -0.39 is 0 Å². The van der Waals surface area contributed by atoms with Crippen molar-refractivity contribution < 1.29 is 9.21 Å². The van der Waals surface area contributed by atoms with Crippen molar-refractivity contribution in [2.75, 3.05) is 5.75 Å². The number of benzene rings is 2. The highest BCUT2D eigenvalue weighted by Gasteiger charge is 2.15. The van der Waals surface area contributed by atoms with Crippen LogP contribution in [0.2, 0.25) is 0 Å². The van der Waals surface area contributed by atoms with Crippen LogP contribution in [0, 0.1) is 0 Å². The molecule has 0 bridgehead atoms. The standard InChI is InChI=1S/C21H22N2O2S/c1-14(16-11-10-15-6-2-3-7-17(15)12-16)22-20(24)13-26-21-23-18-8-4-5-9-19(18)25-21/h4-5,8-12,14H,2-3,6-7,13H2,1H3,(H,22,24). The summed E-state index contributed by atoms with van der Waals surface area (Å²) < 4.78 is 5.64. The van der Waals surface area contributed by atoms with E-state index in [2.05, 4.69) is 28.5 Å². The quantitative estimate of drug-likeness (QED) is 0.666. The summed E-state index contributed by atoms with van der Waals surface area (Å²) in [6.07, 6.45) is 4.87. The molecule has 3 aromatic rings. The minimum atomic E-state index is -0.0116. The molecule has 134 valence electrons. The van der Waals surface area contributed by atoms with Crippen molar-refractivity contribution >= 4 is 28.8 Å². The zero-order chi connectivity index (χ0) is 17.9. The maximum Gasteiger partial charge on any atom is 0.257 e. The van der Waals surface area contributed by atoms with Gasteiger partial charge in [0, 0.05) is 0 Å². The van der Waals surface area contributed by atoms with Crippen molar-refractivity contribution in [1.29, 1.82) is 0 Å². The van der Waals surface area contributed by atoms with E-state index in [1.54, 1.807) is 0 Å². The first-order valence-electron chi connectivity index (χ1n) is 9.08. The van der Waals surface area contributed by atoms with Crippen LogP contribution in [0.5, 0.6) is 0 Å². The van der Waals surface area contributed by atoms with Gasteiger partial charge in [0.25, 0.3) is 5.22 Å². The third kappa shape index (κ3) is 3.78. The summed E-state index contributed by atoms with van der Waals surface area (Å²) in [4.78, 5) is 16.7. The van der Waals surface area contributed by atoms with Gasteiger partial charge in [-0.15, -0.1) is 0 Å². The van der Waals surface area contributed by atoms with Crippen molar-refractivity contribution in [2.24, 2.45) is 0 Å². The lowest BCUT2D eigenvalue weighted by molar-refractivity contribution is -0.119. The normalized spacial score (nSPS) is 14.8. The van der Waals surface area contributed by atoms with Crippen LogP contribution in [0.25, 0.3) is 11.1 Å². The maximum absolute atomic E-state index is 12.3. The molecule has 4 rings (SSSR count). The molecule has 1 aromatic heterocycles. The summed E-state index contributed by atoms with van der Waals surface area (Å²) in [7, 11) is 0. The first kappa shape index (κ1) is 17.2. The van der Waals surface area contributed by atoms with Gasteiger partial charge in [-0.05, 0) is 61.4 Å². The molecule has 1 N–H and O–H groups in total. The minimum absolute atomic E-state index is 0.000964. The molecule has 1 aliphatic rings. The molecule has 0 aliphatic heterocycles. The van der Waals surface area contributed by atoms with E-state index in [4.69, 9.17) is 4.42 Å². The van der Waals surface area contributed by atoms with Gasteiger partial charge in [-0.2, -0.15) is 0 Å². The molecule has 0 saturated heterocycles. The van der Waals surface area contributed by atoms with Crippen molar-refractivity contribution in [3.63, 3.8) is 0 Å². The van der Waals surface area contributed by atoms with Gasteiger partial charge in [-0.1, -0.05) is 42.1 Å². The lowest BCUT2D eigenvalue weighted by atomic mass is 9.89. The molecule has 1 heterocycles. The molecule has 0 fully saturated rings. The average molecular weight is 366 g/mol. The number of carbonyl (C=O) groups excluding carboxylic acids is 1. The zero-order valence-electron chi connectivity index (χ0n) is 14.8. The number of aryl methyl sites for hydroxylation is 2. The van der Waals surface area contributed by atoms with Gasteiger partial charge in [-0.25, -0.2) is 4.98 Å². The Balaban J connectivity index is 1.35. The first-order valence-corrected chi connectivity index (χ1v) is 10.1. The first-order chi connectivity index (χ1) is 12.7. The molecular formula is C21H22N2O2S. The number of oxazole rings is 1. The molecule has 0 radical (unpaired) electrons. The predicted molar refractivity (Wildman–Crippen MR) is 104 cm³/mol. The van der Waals surface area contributed by atoms with Crippen molar-refractivity contribution in [3.05, 3.63) is 59.2 Å². The third-order valence-electron chi connectivity index (χ3n) is 4.85. The van der Waals surface area contributed by atoms with Gasteiger partial charge in [0.1, 0.15) is 5.52 Å². The van der Waals surface area contributed by atoms with E-state index in [0.29, 0.717) is 11.0 Å². The monoisotopic (exact) mass is 366 g/mol. The van der Waals surface area contributed by atoms with Crippen LogP contribution in [0.3, 0.4) is 0 Å². The molecule has 26 heavy (non-hydrogen) atoms. The molecule has 1 unspecified atom stereocenters. The molecule has 0 saturated carbocycles. The van der Waals surface area contributed by atoms with Crippen molar-refractivity contribution in [3.8, 4) is 0 Å². The Morgan fingerprint density at radius 1 is 1.19 bits per heavy atom. The number of nitrogens with one attached hydrogen (secondary N) is 1. The number of rotatable bonds is 5. The van der Waals surface area contributed by atoms with E-state index in [-0.39, 0.29) is 11.9 Å². The molecule has 4 nitrogen and oxygen atoms in total. The smallest absolute Gasteiger partial charge is 0.257 e. The molecule has 1 aliphatic carbocycles. The van der Waals surface area contributed by atoms with Crippen LogP contribution in [-0.2, 0) is 17.6 Å². The van der Waals surface area contributed by atoms with E-state index in [9.17, 15) is 4.79 Å². The van der Waals surface area contributed by atoms with Gasteiger partial charge >= 0.3 is 0 Å². The highest BCUT2D eigenvalue weighted by atomic mass is 32.2. The zero-order valence-corrected chi connectivity index (χ0v) is 15.6. The molecule has 1 atom stereocenters. The van der Waals surface area contributed by atoms with Gasteiger partial charge < -0.3 is 9.73 Å². The second kappa shape index (κ2) is 7.54. The number of aromatic nitrogens is 1. The fourth-order valence-electron chi connectivity index (χ4n) is 3.43. The fourth-order valence-corrected chi connectivity index (χ4v) is 4.08. The summed E-state index contributed by atoms with van der Waals surface area (Å²) in [6.45, 7) is 2.03. The van der Waals surface area contributed by atoms with E-state index >= 15 is 0 Å². The Morgan fingerprint density at radius 3 is 2.85 bits per heavy atom. The topological polar surface area (TPSA) is 55.1 Å². The molecule has 1 amide bonds. The Hall–Kier alpha value is -2.27. The predicted octanol–water partition coefficient (Wildman–Crippen LogP) is 4.68. The number of carbonyl (C=O) groups is 1. The second-order valence-electron chi connectivity index (χ2n) is 6.76. The van der Waals surface area contributed by atoms with Gasteiger partial charge in [0.05, 0.1) is 11.8 Å². The van der Waals surface area contributed by atoms with Crippen LogP contribution >= 0.6 is 11.8 Å². The number of nitrogens with zero attached hydrogens (tertiary/aromatic N) is 1. The molecular weight excluding hydrogens is 344 g/mol. The Kier molecular flexibility index (Phi) is 4.98. The Labute approximate surface area is 157 Å². The van der Waals surface area contributed by atoms with Crippen LogP contribution in [0.1, 0.15) is 42.5 Å². The number of para-hydroxylation sites is 2. The largest absolute Gasteiger partial charge is 0.431 e. The van der Waals surface area contributed by atoms with Gasteiger partial charge in [0.2, 0.25) is 5.91 Å². The number of fused-ring (bicyclic) bond motifs is 2. The number of hydrogen-bond donors (Lipinski definition) is 1. The van der Waals surface area contributed by atoms with Crippen molar-refractivity contribution in [1.82, 2.24) is 10.3 Å². The van der Waals surface area contributed by atoms with Crippen LogP contribution in [0.4, 0.5) is 0 Å². The molecule has 2 aromatic carbocycles. The molecule has 0 spiro atoms. The van der Waals surface area contributed by atoms with E-state index in [0.717, 1.165) is 17.5 Å². The lowest BCUT2D eigenvalue weighted by Gasteiger charge is -2.20. The van der Waals surface area contributed by atoms with E-state index in [1.807, 2.05) is 31.2 Å². The lowest BCUT2D eigenvalue weighted by Crippen LogP contribution is -2.28. The summed E-state index contributed by atoms with van der Waals surface area (Å²) in [6, 6.07) is 14.2. The van der Waals surface area contributed by atoms with E-state index in [1.165, 1.54) is 47.7 Å². The average Bonchev–Trinajstić information content (AvgIpc) is 3.09. The number of hydrogen-bond acceptors (Lipinski definition) is 4. The number of amides is 1. The van der Waals surface area contributed by atoms with Crippen LogP contribution in [-0.4, -0.2) is 16.6 Å². The van der Waals surface area contributed by atoms with Gasteiger partial charge in [-0.3, -0.25) is 4.79 Å². The van der Waals surface area contributed by atoms with Crippen LogP contribution in [0.15, 0.2) is 52.1 Å². The fraction of sp³-hybridized carbons (Fsp3) is 0.333. The summed E-state index contributed by atoms with van der Waals surface area (Å²) in [5.41, 5.74) is 5.64. The summed E-state index contributed by atoms with van der Waals surface area (Å²) in [5, 5.41) is 3.61.